The number of fused-ring (bicyclic) bond motifs is 4. The highest BCUT2D eigenvalue weighted by atomic mass is 16.6. The number of aryl methyl sites for hydroxylation is 2. The molecule has 0 fully saturated rings. The Morgan fingerprint density at radius 1 is 1.19 bits per heavy atom. The standard InChI is InChI=1S/C16H12N8O3/c1-7-11-12(9-3-5-10(6-4-9)24(25)26)13-14-19-21-22-23(14)8(2)17-15(13)27-16(11)20-18-7/h3-6,12H,1-2H3,(H,18,20). The number of benzene rings is 1. The van der Waals surface area contributed by atoms with E-state index in [2.05, 4.69) is 30.7 Å². The molecule has 1 unspecified atom stereocenters. The molecule has 1 aliphatic rings. The van der Waals surface area contributed by atoms with E-state index >= 15 is 0 Å². The summed E-state index contributed by atoms with van der Waals surface area (Å²) >= 11 is 0. The van der Waals surface area contributed by atoms with Crippen molar-refractivity contribution in [2.24, 2.45) is 0 Å². The lowest BCUT2D eigenvalue weighted by atomic mass is 9.84. The molecule has 1 atom stereocenters. The summed E-state index contributed by atoms with van der Waals surface area (Å²) in [4.78, 5) is 15.1. The first-order chi connectivity index (χ1) is 13.0. The molecular weight excluding hydrogens is 352 g/mol. The zero-order chi connectivity index (χ0) is 18.7. The van der Waals surface area contributed by atoms with Crippen LogP contribution in [0.15, 0.2) is 24.3 Å². The van der Waals surface area contributed by atoms with Crippen LogP contribution >= 0.6 is 0 Å². The third-order valence-corrected chi connectivity index (χ3v) is 4.68. The summed E-state index contributed by atoms with van der Waals surface area (Å²) in [7, 11) is 0. The van der Waals surface area contributed by atoms with E-state index in [4.69, 9.17) is 4.74 Å². The maximum absolute atomic E-state index is 11.0. The molecule has 1 N–H and O–H groups in total. The summed E-state index contributed by atoms with van der Waals surface area (Å²) in [5, 5.41) is 30.0. The zero-order valence-electron chi connectivity index (χ0n) is 14.2. The third kappa shape index (κ3) is 2.11. The molecule has 1 aliphatic heterocycles. The number of nitrogens with zero attached hydrogens (tertiary/aromatic N) is 7. The highest BCUT2D eigenvalue weighted by Gasteiger charge is 2.37. The summed E-state index contributed by atoms with van der Waals surface area (Å²) in [6.45, 7) is 3.67. The van der Waals surface area contributed by atoms with Gasteiger partial charge in [-0.2, -0.15) is 9.50 Å². The Morgan fingerprint density at radius 3 is 2.70 bits per heavy atom. The number of rotatable bonds is 2. The van der Waals surface area contributed by atoms with Gasteiger partial charge in [0.2, 0.25) is 11.8 Å². The van der Waals surface area contributed by atoms with Crippen LogP contribution in [0.3, 0.4) is 0 Å². The Kier molecular flexibility index (Phi) is 3.02. The number of tetrazole rings is 1. The second kappa shape index (κ2) is 5.30. The topological polar surface area (TPSA) is 137 Å². The van der Waals surface area contributed by atoms with Crippen molar-refractivity contribution in [1.29, 1.82) is 0 Å². The van der Waals surface area contributed by atoms with Gasteiger partial charge in [-0.05, 0) is 29.8 Å². The summed E-state index contributed by atoms with van der Waals surface area (Å²) in [6, 6.07) is 6.38. The quantitative estimate of drug-likeness (QED) is 0.371. The number of aromatic nitrogens is 7. The highest BCUT2D eigenvalue weighted by Crippen LogP contribution is 2.48. The van der Waals surface area contributed by atoms with Gasteiger partial charge in [0.25, 0.3) is 5.69 Å². The van der Waals surface area contributed by atoms with Crippen LogP contribution < -0.4 is 4.74 Å². The molecule has 11 heteroatoms. The number of nitro groups is 1. The molecular formula is C16H12N8O3. The van der Waals surface area contributed by atoms with Gasteiger partial charge >= 0.3 is 0 Å². The molecule has 0 saturated heterocycles. The van der Waals surface area contributed by atoms with Crippen LogP contribution in [0.2, 0.25) is 0 Å². The number of H-pyrrole nitrogens is 1. The predicted octanol–water partition coefficient (Wildman–Crippen LogP) is 2.05. The van der Waals surface area contributed by atoms with Gasteiger partial charge in [0, 0.05) is 23.4 Å². The summed E-state index contributed by atoms with van der Waals surface area (Å²) in [5.41, 5.74) is 3.71. The Morgan fingerprint density at radius 2 is 1.96 bits per heavy atom. The SMILES string of the molecule is Cc1[nH]nc2c1C(c1ccc([N+](=O)[O-])cc1)c1c(nc(C)n3nnnc13)O2. The minimum atomic E-state index is -0.429. The average molecular weight is 364 g/mol. The van der Waals surface area contributed by atoms with Gasteiger partial charge in [-0.15, -0.1) is 10.2 Å². The summed E-state index contributed by atoms with van der Waals surface area (Å²) in [6.07, 6.45) is 0. The van der Waals surface area contributed by atoms with Gasteiger partial charge in [0.15, 0.2) is 5.65 Å². The molecule has 0 amide bonds. The summed E-state index contributed by atoms with van der Waals surface area (Å²) in [5.74, 6) is 1.04. The average Bonchev–Trinajstić information content (AvgIpc) is 3.28. The Labute approximate surface area is 151 Å². The van der Waals surface area contributed by atoms with Crippen LogP contribution in [0.1, 0.15) is 34.1 Å². The van der Waals surface area contributed by atoms with Crippen LogP contribution in [0.5, 0.6) is 11.8 Å². The van der Waals surface area contributed by atoms with Gasteiger partial charge in [0.05, 0.1) is 16.4 Å². The number of non-ortho nitro benzene ring substituents is 1. The largest absolute Gasteiger partial charge is 0.418 e. The van der Waals surface area contributed by atoms with E-state index in [0.29, 0.717) is 28.8 Å². The molecule has 0 radical (unpaired) electrons. The molecule has 11 nitrogen and oxygen atoms in total. The Hall–Kier alpha value is -3.89. The Bertz CT molecular complexity index is 1210. The summed E-state index contributed by atoms with van der Waals surface area (Å²) < 4.78 is 7.44. The first-order valence-electron chi connectivity index (χ1n) is 8.10. The lowest BCUT2D eigenvalue weighted by Crippen LogP contribution is -2.16. The number of nitro benzene ring substituents is 1. The molecule has 0 saturated carbocycles. The molecule has 4 aromatic rings. The molecule has 27 heavy (non-hydrogen) atoms. The van der Waals surface area contributed by atoms with Crippen LogP contribution in [0.25, 0.3) is 5.65 Å². The number of nitrogens with one attached hydrogen (secondary N) is 1. The van der Waals surface area contributed by atoms with Crippen molar-refractivity contribution in [3.05, 3.63) is 62.6 Å². The maximum Gasteiger partial charge on any atom is 0.269 e. The van der Waals surface area contributed by atoms with Crippen LogP contribution in [0.4, 0.5) is 5.69 Å². The van der Waals surface area contributed by atoms with E-state index in [9.17, 15) is 10.1 Å². The van der Waals surface area contributed by atoms with Gasteiger partial charge in [-0.3, -0.25) is 15.2 Å². The van der Waals surface area contributed by atoms with Crippen molar-refractivity contribution in [2.45, 2.75) is 19.8 Å². The molecule has 1 aromatic carbocycles. The van der Waals surface area contributed by atoms with Crippen molar-refractivity contribution in [2.75, 3.05) is 0 Å². The van der Waals surface area contributed by atoms with Crippen LogP contribution in [-0.4, -0.2) is 40.1 Å². The van der Waals surface area contributed by atoms with Crippen LogP contribution in [-0.2, 0) is 0 Å². The number of hydrogen-bond acceptors (Lipinski definition) is 8. The van der Waals surface area contributed by atoms with Crippen molar-refractivity contribution < 1.29 is 9.66 Å². The zero-order valence-corrected chi connectivity index (χ0v) is 14.2. The van der Waals surface area contributed by atoms with Crippen LogP contribution in [0, 0.1) is 24.0 Å². The van der Waals surface area contributed by atoms with E-state index in [0.717, 1.165) is 16.8 Å². The minimum absolute atomic E-state index is 0.0199. The number of ether oxygens (including phenoxy) is 1. The molecule has 5 rings (SSSR count). The van der Waals surface area contributed by atoms with Gasteiger partial charge in [0.1, 0.15) is 5.82 Å². The second-order valence-electron chi connectivity index (χ2n) is 6.24. The van der Waals surface area contributed by atoms with E-state index in [-0.39, 0.29) is 11.6 Å². The van der Waals surface area contributed by atoms with Crippen molar-refractivity contribution in [3.8, 4) is 11.8 Å². The number of hydrogen-bond donors (Lipinski definition) is 1. The van der Waals surface area contributed by atoms with E-state index in [1.54, 1.807) is 23.6 Å². The molecule has 3 aromatic heterocycles. The third-order valence-electron chi connectivity index (χ3n) is 4.68. The predicted molar refractivity (Wildman–Crippen MR) is 90.8 cm³/mol. The lowest BCUT2D eigenvalue weighted by Gasteiger charge is -2.25. The maximum atomic E-state index is 11.0. The molecule has 0 aliphatic carbocycles. The first kappa shape index (κ1) is 15.4. The number of aromatic amines is 1. The second-order valence-corrected chi connectivity index (χ2v) is 6.24. The van der Waals surface area contributed by atoms with E-state index < -0.39 is 4.92 Å². The minimum Gasteiger partial charge on any atom is -0.418 e. The van der Waals surface area contributed by atoms with Crippen molar-refractivity contribution in [1.82, 2.24) is 35.2 Å². The fourth-order valence-electron chi connectivity index (χ4n) is 3.44. The van der Waals surface area contributed by atoms with E-state index in [1.165, 1.54) is 12.1 Å². The van der Waals surface area contributed by atoms with E-state index in [1.807, 2.05) is 6.92 Å². The monoisotopic (exact) mass is 364 g/mol. The van der Waals surface area contributed by atoms with Gasteiger partial charge < -0.3 is 4.74 Å². The Balaban J connectivity index is 1.81. The normalized spacial score (nSPS) is 15.3. The van der Waals surface area contributed by atoms with Gasteiger partial charge in [-0.25, -0.2) is 0 Å². The first-order valence-corrected chi connectivity index (χ1v) is 8.10. The molecule has 134 valence electrons. The molecule has 4 heterocycles. The lowest BCUT2D eigenvalue weighted by molar-refractivity contribution is -0.384. The fraction of sp³-hybridized carbons (Fsp3) is 0.188. The highest BCUT2D eigenvalue weighted by molar-refractivity contribution is 5.65. The van der Waals surface area contributed by atoms with Crippen molar-refractivity contribution in [3.63, 3.8) is 0 Å². The smallest absolute Gasteiger partial charge is 0.269 e. The fourth-order valence-corrected chi connectivity index (χ4v) is 3.44. The van der Waals surface area contributed by atoms with Crippen molar-refractivity contribution >= 4 is 11.3 Å². The molecule has 0 spiro atoms. The van der Waals surface area contributed by atoms with Gasteiger partial charge in [-0.1, -0.05) is 12.1 Å². The molecule has 0 bridgehead atoms.